The Bertz CT molecular complexity index is 367. The summed E-state index contributed by atoms with van der Waals surface area (Å²) in [5.41, 5.74) is 1.11. The molecule has 1 aromatic carbocycles. The number of hydrogen-bond donors (Lipinski definition) is 2. The van der Waals surface area contributed by atoms with E-state index >= 15 is 0 Å². The zero-order valence-electron chi connectivity index (χ0n) is 11.8. The Kier molecular flexibility index (Phi) is 8.47. The van der Waals surface area contributed by atoms with Crippen molar-refractivity contribution < 1.29 is 0 Å². The fourth-order valence-electron chi connectivity index (χ4n) is 1.81. The topological polar surface area (TPSA) is 24.1 Å². The molecule has 0 radical (unpaired) electrons. The molecule has 2 nitrogen and oxygen atoms in total. The first kappa shape index (κ1) is 16.8. The first-order chi connectivity index (χ1) is 9.09. The Morgan fingerprint density at radius 2 is 1.79 bits per heavy atom. The fourth-order valence-corrected chi connectivity index (χ4v) is 2.22. The normalized spacial score (nSPS) is 11.2. The minimum absolute atomic E-state index is 0.720. The second kappa shape index (κ2) is 9.60. The average Bonchev–Trinajstić information content (AvgIpc) is 2.36. The summed E-state index contributed by atoms with van der Waals surface area (Å²) in [6.07, 6.45) is 2.06. The molecule has 0 spiro atoms. The summed E-state index contributed by atoms with van der Waals surface area (Å²) in [4.78, 5) is 0. The number of halogens is 2. The average molecular weight is 303 g/mol. The van der Waals surface area contributed by atoms with Crippen molar-refractivity contribution in [1.29, 1.82) is 0 Å². The summed E-state index contributed by atoms with van der Waals surface area (Å²) < 4.78 is 0. The van der Waals surface area contributed by atoms with Gasteiger partial charge < -0.3 is 10.6 Å². The van der Waals surface area contributed by atoms with Crippen molar-refractivity contribution in [2.45, 2.75) is 26.7 Å². The number of benzene rings is 1. The first-order valence-corrected chi connectivity index (χ1v) is 7.70. The molecule has 1 rings (SSSR count). The van der Waals surface area contributed by atoms with E-state index in [2.05, 4.69) is 24.5 Å². The molecule has 108 valence electrons. The van der Waals surface area contributed by atoms with Crippen LogP contribution in [0.25, 0.3) is 0 Å². The predicted octanol–water partition coefficient (Wildman–Crippen LogP) is 3.76. The van der Waals surface area contributed by atoms with Crippen molar-refractivity contribution in [2.75, 3.05) is 26.2 Å². The molecule has 0 saturated carbocycles. The van der Waals surface area contributed by atoms with Crippen LogP contribution < -0.4 is 10.6 Å². The minimum Gasteiger partial charge on any atom is -0.316 e. The van der Waals surface area contributed by atoms with Crippen molar-refractivity contribution in [1.82, 2.24) is 10.6 Å². The third-order valence-electron chi connectivity index (χ3n) is 2.84. The quantitative estimate of drug-likeness (QED) is 0.679. The number of hydrogen-bond acceptors (Lipinski definition) is 2. The molecule has 0 heterocycles. The summed E-state index contributed by atoms with van der Waals surface area (Å²) in [5.74, 6) is 0.720. The third kappa shape index (κ3) is 7.78. The molecule has 0 aliphatic carbocycles. The molecule has 0 aliphatic rings. The zero-order valence-corrected chi connectivity index (χ0v) is 13.3. The molecule has 0 unspecified atom stereocenters. The molecule has 0 aromatic heterocycles. The lowest BCUT2D eigenvalue weighted by molar-refractivity contribution is 0.531. The Labute approximate surface area is 126 Å². The Morgan fingerprint density at radius 1 is 1.05 bits per heavy atom. The van der Waals surface area contributed by atoms with Crippen molar-refractivity contribution >= 4 is 23.2 Å². The van der Waals surface area contributed by atoms with Gasteiger partial charge in [0, 0.05) is 10.0 Å². The predicted molar refractivity (Wildman–Crippen MR) is 85.4 cm³/mol. The molecule has 0 fully saturated rings. The standard InChI is InChI=1S/C15H24Cl2N2/c1-12(2)11-19-8-3-7-18-9-6-13-10-14(16)4-5-15(13)17/h4-5,10,12,18-19H,3,6-9,11H2,1-2H3. The summed E-state index contributed by atoms with van der Waals surface area (Å²) in [6.45, 7) is 8.58. The summed E-state index contributed by atoms with van der Waals surface area (Å²) in [6, 6.07) is 5.62. The van der Waals surface area contributed by atoms with Crippen LogP contribution in [0.2, 0.25) is 10.0 Å². The van der Waals surface area contributed by atoms with Gasteiger partial charge in [-0.1, -0.05) is 37.0 Å². The van der Waals surface area contributed by atoms with Crippen LogP contribution in [0.1, 0.15) is 25.8 Å². The lowest BCUT2D eigenvalue weighted by atomic mass is 10.1. The van der Waals surface area contributed by atoms with Gasteiger partial charge in [0.25, 0.3) is 0 Å². The first-order valence-electron chi connectivity index (χ1n) is 6.95. The highest BCUT2D eigenvalue weighted by molar-refractivity contribution is 6.33. The number of rotatable bonds is 9. The van der Waals surface area contributed by atoms with Gasteiger partial charge in [-0.3, -0.25) is 0 Å². The van der Waals surface area contributed by atoms with Crippen LogP contribution in [0.3, 0.4) is 0 Å². The van der Waals surface area contributed by atoms with E-state index in [1.807, 2.05) is 18.2 Å². The second-order valence-corrected chi connectivity index (χ2v) is 6.03. The SMILES string of the molecule is CC(C)CNCCCNCCc1cc(Cl)ccc1Cl. The van der Waals surface area contributed by atoms with Crippen LogP contribution in [0.5, 0.6) is 0 Å². The molecule has 19 heavy (non-hydrogen) atoms. The van der Waals surface area contributed by atoms with E-state index in [1.165, 1.54) is 0 Å². The van der Waals surface area contributed by atoms with E-state index in [4.69, 9.17) is 23.2 Å². The van der Waals surface area contributed by atoms with Gasteiger partial charge in [0.1, 0.15) is 0 Å². The fraction of sp³-hybridized carbons (Fsp3) is 0.600. The van der Waals surface area contributed by atoms with Crippen molar-refractivity contribution in [3.8, 4) is 0 Å². The Balaban J connectivity index is 2.06. The molecule has 0 bridgehead atoms. The molecule has 0 aliphatic heterocycles. The van der Waals surface area contributed by atoms with E-state index < -0.39 is 0 Å². The maximum absolute atomic E-state index is 6.11. The molecular formula is C15H24Cl2N2. The summed E-state index contributed by atoms with van der Waals surface area (Å²) >= 11 is 12.1. The van der Waals surface area contributed by atoms with Gasteiger partial charge in [-0.15, -0.1) is 0 Å². The zero-order chi connectivity index (χ0) is 14.1. The Morgan fingerprint density at radius 3 is 2.53 bits per heavy atom. The highest BCUT2D eigenvalue weighted by Gasteiger charge is 2.01. The monoisotopic (exact) mass is 302 g/mol. The molecule has 4 heteroatoms. The summed E-state index contributed by atoms with van der Waals surface area (Å²) in [7, 11) is 0. The van der Waals surface area contributed by atoms with Crippen LogP contribution >= 0.6 is 23.2 Å². The van der Waals surface area contributed by atoms with Gasteiger partial charge in [-0.25, -0.2) is 0 Å². The van der Waals surface area contributed by atoms with Gasteiger partial charge in [-0.2, -0.15) is 0 Å². The van der Waals surface area contributed by atoms with Crippen LogP contribution in [0.4, 0.5) is 0 Å². The second-order valence-electron chi connectivity index (χ2n) is 5.19. The van der Waals surface area contributed by atoms with E-state index in [0.29, 0.717) is 0 Å². The van der Waals surface area contributed by atoms with Crippen LogP contribution in [0, 0.1) is 5.92 Å². The van der Waals surface area contributed by atoms with Crippen molar-refractivity contribution in [2.24, 2.45) is 5.92 Å². The van der Waals surface area contributed by atoms with Crippen LogP contribution in [-0.4, -0.2) is 26.2 Å². The molecule has 0 atom stereocenters. The maximum atomic E-state index is 6.11. The number of nitrogens with one attached hydrogen (secondary N) is 2. The van der Waals surface area contributed by atoms with E-state index in [9.17, 15) is 0 Å². The van der Waals surface area contributed by atoms with E-state index in [1.54, 1.807) is 0 Å². The van der Waals surface area contributed by atoms with Crippen LogP contribution in [0.15, 0.2) is 18.2 Å². The Hall–Kier alpha value is -0.280. The molecule has 1 aromatic rings. The lowest BCUT2D eigenvalue weighted by Gasteiger charge is -2.09. The van der Waals surface area contributed by atoms with Gasteiger partial charge in [0.2, 0.25) is 0 Å². The highest BCUT2D eigenvalue weighted by Crippen LogP contribution is 2.20. The van der Waals surface area contributed by atoms with Gasteiger partial charge in [0.15, 0.2) is 0 Å². The van der Waals surface area contributed by atoms with Crippen molar-refractivity contribution in [3.63, 3.8) is 0 Å². The molecule has 0 saturated heterocycles. The van der Waals surface area contributed by atoms with E-state index in [-0.39, 0.29) is 0 Å². The minimum atomic E-state index is 0.720. The van der Waals surface area contributed by atoms with Gasteiger partial charge in [-0.05, 0) is 68.7 Å². The molecule has 0 amide bonds. The van der Waals surface area contributed by atoms with Gasteiger partial charge in [0.05, 0.1) is 0 Å². The summed E-state index contributed by atoms with van der Waals surface area (Å²) in [5, 5.41) is 8.40. The molecule has 2 N–H and O–H groups in total. The maximum Gasteiger partial charge on any atom is 0.0439 e. The van der Waals surface area contributed by atoms with Gasteiger partial charge >= 0.3 is 0 Å². The van der Waals surface area contributed by atoms with E-state index in [0.717, 1.165) is 60.5 Å². The lowest BCUT2D eigenvalue weighted by Crippen LogP contribution is -2.25. The largest absolute Gasteiger partial charge is 0.316 e. The van der Waals surface area contributed by atoms with Crippen LogP contribution in [-0.2, 0) is 6.42 Å². The highest BCUT2D eigenvalue weighted by atomic mass is 35.5. The smallest absolute Gasteiger partial charge is 0.0439 e. The third-order valence-corrected chi connectivity index (χ3v) is 3.44. The van der Waals surface area contributed by atoms with Crippen molar-refractivity contribution in [3.05, 3.63) is 33.8 Å². The molecular weight excluding hydrogens is 279 g/mol.